The van der Waals surface area contributed by atoms with Crippen LogP contribution in [0.25, 0.3) is 0 Å². The summed E-state index contributed by atoms with van der Waals surface area (Å²) in [7, 11) is 1.61. The number of benzene rings is 1. The number of hydrogen-bond donors (Lipinski definition) is 25. The number of thioether (sulfide) groups is 1. The van der Waals surface area contributed by atoms with Crippen LogP contribution >= 0.6 is 33.3 Å². The molecule has 614 valence electrons. The number of carboxylic acids is 1. The van der Waals surface area contributed by atoms with Gasteiger partial charge in [-0.2, -0.15) is 11.8 Å². The highest BCUT2D eigenvalue weighted by Gasteiger charge is 2.39. The number of carboxylic acid groups (broad SMARTS) is 1. The summed E-state index contributed by atoms with van der Waals surface area (Å²) in [6, 6.07) is -14.5. The number of unbranched alkanes of at least 4 members (excludes halogenated alkanes) is 3. The molecule has 1 aliphatic rings. The second-order valence-electron chi connectivity index (χ2n) is 27.0. The molecule has 13 amide bonds. The van der Waals surface area contributed by atoms with Crippen molar-refractivity contribution in [2.45, 2.75) is 216 Å². The molecule has 0 bridgehead atoms. The van der Waals surface area contributed by atoms with Gasteiger partial charge in [-0.15, -0.1) is 0 Å². The Bertz CT molecular complexity index is 3180. The monoisotopic (exact) mass is 1600 g/mol. The Morgan fingerprint density at radius 2 is 1.07 bits per heavy atom. The molecule has 42 heteroatoms. The number of aromatic hydroxyl groups is 1. The number of carbonyl (C=O) groups is 14. The van der Waals surface area contributed by atoms with Gasteiger partial charge in [-0.05, 0) is 139 Å². The number of phenols is 1. The molecule has 13 atom stereocenters. The number of rotatable bonds is 40. The van der Waals surface area contributed by atoms with E-state index in [0.717, 1.165) is 28.5 Å². The van der Waals surface area contributed by atoms with Crippen molar-refractivity contribution in [1.82, 2.24) is 74.4 Å². The van der Waals surface area contributed by atoms with Crippen LogP contribution in [0.5, 0.6) is 5.75 Å². The van der Waals surface area contributed by atoms with Gasteiger partial charge in [-0.1, -0.05) is 67.8 Å². The molecule has 0 spiro atoms. The fourth-order valence-electron chi connectivity index (χ4n) is 10.8. The van der Waals surface area contributed by atoms with Crippen LogP contribution in [-0.4, -0.2) is 250 Å². The number of guanidine groups is 2. The van der Waals surface area contributed by atoms with Gasteiger partial charge in [0.25, 0.3) is 0 Å². The third-order valence-corrected chi connectivity index (χ3v) is 19.7. The standard InChI is InChI=1S/C67H115N21O18S3/c1-35(2)28-44(54(70)95)82-55(96)41(15-12-25-75-66(71)72)79-60(101)46(30-38-18-20-39(91)21-19-38)83-64(105)50-34-109-108-33-49(87-59(100)45(29-36(3)4)77-51(92)17-8-7-10-23-68)63(104)80-42(16-13-26-76-67(73)74)56(97)85-48(32-89)62(103)81-43(22-27-107-6)58(99)88-53(37(5)90)65(106)84-47(31-52(93)94)61(102)78-40(57(98)86-50)14-9-11-24-69/h18-21,35-37,40-50,53,89-91H,7-17,22-34,68-69H2,1-6H3,(H2,70,95)(H,77,92)(H,78,102)(H,79,101)(H,80,104)(H,81,103)(H,82,96)(H,83,105)(H,84,106)(H,85,97)(H,86,98)(H,87,100)(H,88,99)(H,93,94)(H4,71,72,75)(H4,73,74,76)/t37-,40+,41+,42+,43+,44+,45+,46+,47+,48+,49+,50-,53+/m1/s1. The summed E-state index contributed by atoms with van der Waals surface area (Å²) in [6.45, 7) is 7.50. The zero-order valence-electron chi connectivity index (χ0n) is 62.6. The maximum atomic E-state index is 15.3. The maximum Gasteiger partial charge on any atom is 0.305 e. The molecular formula is C67H115N21O18S3. The predicted octanol–water partition coefficient (Wildman–Crippen LogP) is -5.50. The van der Waals surface area contributed by atoms with Crippen LogP contribution in [-0.2, 0) is 73.5 Å². The van der Waals surface area contributed by atoms with Gasteiger partial charge in [0.1, 0.15) is 78.3 Å². The first-order valence-electron chi connectivity index (χ1n) is 36.0. The molecule has 39 nitrogen and oxygen atoms in total. The largest absolute Gasteiger partial charge is 0.508 e. The highest BCUT2D eigenvalue weighted by atomic mass is 33.1. The van der Waals surface area contributed by atoms with Crippen molar-refractivity contribution in [1.29, 1.82) is 10.8 Å². The molecule has 1 heterocycles. The lowest BCUT2D eigenvalue weighted by Gasteiger charge is -2.29. The summed E-state index contributed by atoms with van der Waals surface area (Å²) >= 11 is 1.22. The molecule has 1 fully saturated rings. The molecule has 2 rings (SSSR count). The lowest BCUT2D eigenvalue weighted by molar-refractivity contribution is -0.142. The van der Waals surface area contributed by atoms with E-state index in [2.05, 4.69) is 74.4 Å². The number of nitrogens with one attached hydrogen (secondary N) is 16. The number of nitrogens with two attached hydrogens (primary N) is 5. The first kappa shape index (κ1) is 96.1. The minimum absolute atomic E-state index is 0.00873. The quantitative estimate of drug-likeness (QED) is 0.0126. The van der Waals surface area contributed by atoms with Crippen molar-refractivity contribution in [3.63, 3.8) is 0 Å². The Labute approximate surface area is 646 Å². The van der Waals surface area contributed by atoms with Gasteiger partial charge in [0, 0.05) is 37.4 Å². The Morgan fingerprint density at radius 3 is 1.64 bits per heavy atom. The number of aliphatic hydroxyl groups excluding tert-OH is 2. The van der Waals surface area contributed by atoms with E-state index in [9.17, 15) is 73.2 Å². The molecule has 1 aromatic rings. The van der Waals surface area contributed by atoms with E-state index in [1.54, 1.807) is 34.0 Å². The molecular weight excluding hydrogens is 1480 g/mol. The second-order valence-corrected chi connectivity index (χ2v) is 30.5. The lowest BCUT2D eigenvalue weighted by Crippen LogP contribution is -2.62. The molecule has 0 saturated carbocycles. The molecule has 0 aromatic heterocycles. The van der Waals surface area contributed by atoms with Crippen molar-refractivity contribution in [3.8, 4) is 5.75 Å². The van der Waals surface area contributed by atoms with E-state index in [0.29, 0.717) is 31.4 Å². The third kappa shape index (κ3) is 38.8. The first-order chi connectivity index (χ1) is 51.5. The zero-order valence-corrected chi connectivity index (χ0v) is 65.0. The van der Waals surface area contributed by atoms with Crippen LogP contribution in [0.4, 0.5) is 0 Å². The third-order valence-electron chi connectivity index (χ3n) is 16.6. The van der Waals surface area contributed by atoms with E-state index in [-0.39, 0.29) is 120 Å². The summed E-state index contributed by atoms with van der Waals surface area (Å²) in [5.41, 5.74) is 28.6. The molecule has 1 saturated heterocycles. The molecule has 109 heavy (non-hydrogen) atoms. The van der Waals surface area contributed by atoms with Gasteiger partial charge in [-0.3, -0.25) is 77.9 Å². The highest BCUT2D eigenvalue weighted by molar-refractivity contribution is 8.76. The van der Waals surface area contributed by atoms with Gasteiger partial charge in [0.2, 0.25) is 76.8 Å². The smallest absolute Gasteiger partial charge is 0.305 e. The van der Waals surface area contributed by atoms with E-state index in [1.807, 2.05) is 0 Å². The SMILES string of the molecule is CSCC[C@@H]1NC(=O)[C@H](CO)NC(=O)[C@H](CCCNC(=N)N)NC(=O)[C@@H](NC(=O)[C@H](CC(C)C)NC(=O)CCCCCN)CSSC[C@H](C(=O)N[C@@H](Cc2ccc(O)cc2)C(=O)N[C@@H](CCCNC(=N)N)C(=O)N[C@@H](CC(C)C)C(N)=O)NC(=O)[C@H](CCCCN)NC(=O)[C@H](CC(=O)O)NC(=O)[C@H]([C@@H](C)O)NC1=O. The average molecular weight is 1600 g/mol. The molecule has 0 aliphatic carbocycles. The fourth-order valence-corrected chi connectivity index (χ4v) is 13.6. The Hall–Kier alpha value is -8.97. The van der Waals surface area contributed by atoms with E-state index in [1.165, 1.54) is 36.0 Å². The van der Waals surface area contributed by atoms with Gasteiger partial charge >= 0.3 is 5.97 Å². The van der Waals surface area contributed by atoms with E-state index >= 15 is 14.4 Å². The number of amides is 13. The van der Waals surface area contributed by atoms with Crippen LogP contribution in [0, 0.1) is 22.7 Å². The van der Waals surface area contributed by atoms with Gasteiger partial charge in [-0.25, -0.2) is 0 Å². The van der Waals surface area contributed by atoms with Crippen LogP contribution in [0.1, 0.15) is 136 Å². The Balaban J connectivity index is 3.14. The fraction of sp³-hybridized carbons (Fsp3) is 0.672. The van der Waals surface area contributed by atoms with Crippen molar-refractivity contribution < 1.29 is 87.5 Å². The number of hydrogen-bond acceptors (Lipinski definition) is 24. The highest BCUT2D eigenvalue weighted by Crippen LogP contribution is 2.25. The predicted molar refractivity (Wildman–Crippen MR) is 411 cm³/mol. The average Bonchev–Trinajstić information content (AvgIpc) is 0.853. The van der Waals surface area contributed by atoms with Crippen molar-refractivity contribution in [2.24, 2.45) is 40.5 Å². The maximum absolute atomic E-state index is 15.3. The summed E-state index contributed by atoms with van der Waals surface area (Å²) in [5.74, 6) is -17.3. The summed E-state index contributed by atoms with van der Waals surface area (Å²) in [4.78, 5) is 199. The van der Waals surface area contributed by atoms with Crippen LogP contribution in [0.2, 0.25) is 0 Å². The summed E-state index contributed by atoms with van der Waals surface area (Å²) < 4.78 is 0. The van der Waals surface area contributed by atoms with Gasteiger partial charge in [0.05, 0.1) is 19.1 Å². The number of carbonyl (C=O) groups excluding carboxylic acids is 13. The Morgan fingerprint density at radius 1 is 0.569 bits per heavy atom. The first-order valence-corrected chi connectivity index (χ1v) is 39.9. The van der Waals surface area contributed by atoms with Crippen LogP contribution < -0.4 is 103 Å². The molecule has 0 unspecified atom stereocenters. The molecule has 30 N–H and O–H groups in total. The van der Waals surface area contributed by atoms with Crippen LogP contribution in [0.3, 0.4) is 0 Å². The van der Waals surface area contributed by atoms with Gasteiger partial charge in [0.15, 0.2) is 11.9 Å². The molecule has 1 aliphatic heterocycles. The van der Waals surface area contributed by atoms with Gasteiger partial charge < -0.3 is 124 Å². The second kappa shape index (κ2) is 52.2. The van der Waals surface area contributed by atoms with Crippen LogP contribution in [0.15, 0.2) is 24.3 Å². The van der Waals surface area contributed by atoms with Crippen molar-refractivity contribution in [2.75, 3.05) is 56.3 Å². The van der Waals surface area contributed by atoms with E-state index in [4.69, 9.17) is 39.5 Å². The normalized spacial score (nSPS) is 20.9. The molecule has 0 radical (unpaired) electrons. The number of aliphatic carboxylic acids is 1. The lowest BCUT2D eigenvalue weighted by atomic mass is 10.0. The number of primary amides is 1. The Kier molecular flexibility index (Phi) is 46.0. The number of aliphatic hydroxyl groups is 2. The van der Waals surface area contributed by atoms with E-state index < -0.39 is 198 Å². The molecule has 1 aromatic carbocycles. The minimum Gasteiger partial charge on any atom is -0.508 e. The number of phenolic OH excluding ortho intramolecular Hbond substituents is 1. The minimum atomic E-state index is -2.07. The van der Waals surface area contributed by atoms with Crippen molar-refractivity contribution >= 4 is 128 Å². The topological polar surface area (TPSA) is 666 Å². The van der Waals surface area contributed by atoms with Crippen molar-refractivity contribution in [3.05, 3.63) is 29.8 Å². The summed E-state index contributed by atoms with van der Waals surface area (Å²) in [5, 5.41) is 92.7. The zero-order chi connectivity index (χ0) is 81.9. The summed E-state index contributed by atoms with van der Waals surface area (Å²) in [6.07, 6.45) is -0.322.